The van der Waals surface area contributed by atoms with Gasteiger partial charge in [0.25, 0.3) is 0 Å². The number of carbonyl (C=O) groups excluding carboxylic acids is 4. The minimum absolute atomic E-state index is 0. The van der Waals surface area contributed by atoms with Gasteiger partial charge in [-0.25, -0.2) is 0 Å². The maximum Gasteiger partial charge on any atom is 2.00 e. The molecule has 0 aromatic rings. The normalized spacial score (nSPS) is 11.9. The molecule has 0 saturated carbocycles. The van der Waals surface area contributed by atoms with Crippen LogP contribution in [-0.2, 0) is 48.1 Å². The summed E-state index contributed by atoms with van der Waals surface area (Å²) >= 11 is 0. The van der Waals surface area contributed by atoms with Gasteiger partial charge in [-0.1, -0.05) is 259 Å². The van der Waals surface area contributed by atoms with E-state index >= 15 is 0 Å². The van der Waals surface area contributed by atoms with E-state index in [0.29, 0.717) is 25.7 Å². The molecule has 2 atom stereocenters. The molecule has 0 spiro atoms. The summed E-state index contributed by atoms with van der Waals surface area (Å²) in [6, 6.07) is 0. The summed E-state index contributed by atoms with van der Waals surface area (Å²) < 4.78 is 11.6. The molecule has 0 N–H and O–H groups in total. The van der Waals surface area contributed by atoms with Crippen molar-refractivity contribution in [1.82, 2.24) is 0 Å². The van der Waals surface area contributed by atoms with Crippen molar-refractivity contribution < 1.29 is 58.3 Å². The Morgan fingerprint density at radius 3 is 0.648 bits per heavy atom. The molecule has 0 heterocycles. The topological polar surface area (TPSA) is 133 Å². The summed E-state index contributed by atoms with van der Waals surface area (Å²) in [7, 11) is 0. The van der Waals surface area contributed by atoms with Crippen LogP contribution in [0.3, 0.4) is 0 Å². The second kappa shape index (κ2) is 62.8. The Balaban J connectivity index is -0.00000128. The molecule has 2 unspecified atom stereocenters. The number of hydrogen-bond donors (Lipinski definition) is 0. The Morgan fingerprint density at radius 1 is 0.268 bits per heavy atom. The predicted molar refractivity (Wildman–Crippen MR) is 293 cm³/mol. The minimum Gasteiger partial charge on any atom is -0.550 e. The largest absolute Gasteiger partial charge is 2.00 e. The Bertz CT molecular complexity index is 1020. The van der Waals surface area contributed by atoms with Crippen LogP contribution in [0.1, 0.15) is 362 Å². The molecular weight excluding hydrogens is 938 g/mol. The second-order valence-electron chi connectivity index (χ2n) is 21.3. The smallest absolute Gasteiger partial charge is 0.550 e. The molecule has 0 aliphatic carbocycles. The fraction of sp³-hybridized carbons (Fsp3) is 0.935. The first-order valence-corrected chi connectivity index (χ1v) is 31.0. The first kappa shape index (κ1) is 73.7. The zero-order valence-electron chi connectivity index (χ0n) is 47.9. The van der Waals surface area contributed by atoms with Crippen LogP contribution in [-0.4, -0.2) is 36.1 Å². The van der Waals surface area contributed by atoms with Crippen LogP contribution in [0.15, 0.2) is 0 Å². The van der Waals surface area contributed by atoms with Gasteiger partial charge in [-0.05, 0) is 89.9 Å². The van der Waals surface area contributed by atoms with Crippen LogP contribution in [0.4, 0.5) is 0 Å². The van der Waals surface area contributed by atoms with Crippen molar-refractivity contribution in [2.24, 2.45) is 0 Å². The van der Waals surface area contributed by atoms with E-state index in [1.54, 1.807) is 0 Å². The first-order chi connectivity index (χ1) is 34.2. The number of hydrogen-bond acceptors (Lipinski definition) is 8. The van der Waals surface area contributed by atoms with Crippen LogP contribution in [0.25, 0.3) is 0 Å². The maximum absolute atomic E-state index is 12.4. The van der Waals surface area contributed by atoms with Gasteiger partial charge >= 0.3 is 31.4 Å². The monoisotopic (exact) mass is 1050 g/mol. The van der Waals surface area contributed by atoms with Crippen molar-refractivity contribution in [3.05, 3.63) is 0 Å². The van der Waals surface area contributed by atoms with Crippen LogP contribution in [0.5, 0.6) is 0 Å². The average Bonchev–Trinajstić information content (AvgIpc) is 3.33. The van der Waals surface area contributed by atoms with Crippen molar-refractivity contribution >= 4 is 23.9 Å². The Kier molecular flexibility index (Phi) is 65.2. The number of aliphatic carboxylic acids is 2. The molecule has 71 heavy (non-hydrogen) atoms. The van der Waals surface area contributed by atoms with Gasteiger partial charge in [-0.15, -0.1) is 0 Å². The van der Waals surface area contributed by atoms with Crippen molar-refractivity contribution in [3.63, 3.8) is 0 Å². The van der Waals surface area contributed by atoms with Gasteiger partial charge in [0.15, 0.2) is 0 Å². The van der Waals surface area contributed by atoms with E-state index in [2.05, 4.69) is 27.7 Å². The quantitative estimate of drug-likeness (QED) is 0.0334. The molecule has 0 aliphatic heterocycles. The Labute approximate surface area is 453 Å². The third kappa shape index (κ3) is 64.6. The zero-order chi connectivity index (χ0) is 51.6. The summed E-state index contributed by atoms with van der Waals surface area (Å²) in [5.41, 5.74) is 0. The van der Waals surface area contributed by atoms with Crippen LogP contribution in [0, 0.1) is 0 Å². The van der Waals surface area contributed by atoms with Gasteiger partial charge < -0.3 is 29.3 Å². The third-order valence-corrected chi connectivity index (χ3v) is 14.1. The molecule has 0 saturated heterocycles. The molecule has 0 aromatic heterocycles. The van der Waals surface area contributed by atoms with Crippen molar-refractivity contribution in [2.75, 3.05) is 0 Å². The molecular formula is C62H118O8Zn. The van der Waals surface area contributed by atoms with E-state index in [-0.39, 0.29) is 56.5 Å². The van der Waals surface area contributed by atoms with Crippen molar-refractivity contribution in [2.45, 2.75) is 374 Å². The molecule has 0 radical (unpaired) electrons. The summed E-state index contributed by atoms with van der Waals surface area (Å²) in [4.78, 5) is 46.1. The summed E-state index contributed by atoms with van der Waals surface area (Å²) in [6.07, 6.45) is 58.4. The van der Waals surface area contributed by atoms with E-state index in [9.17, 15) is 29.4 Å². The van der Waals surface area contributed by atoms with Gasteiger partial charge in [0.1, 0.15) is 12.2 Å². The van der Waals surface area contributed by atoms with Crippen molar-refractivity contribution in [1.29, 1.82) is 0 Å². The molecule has 0 aliphatic rings. The van der Waals surface area contributed by atoms with E-state index in [1.165, 1.54) is 218 Å². The van der Waals surface area contributed by atoms with E-state index in [0.717, 1.165) is 77.0 Å². The Hall–Kier alpha value is -1.50. The summed E-state index contributed by atoms with van der Waals surface area (Å²) in [5.74, 6) is -2.12. The van der Waals surface area contributed by atoms with Gasteiger partial charge in [-0.3, -0.25) is 9.59 Å². The number of esters is 2. The summed E-state index contributed by atoms with van der Waals surface area (Å²) in [6.45, 7) is 9.02. The predicted octanol–water partition coefficient (Wildman–Crippen LogP) is 17.7. The molecule has 0 amide bonds. The van der Waals surface area contributed by atoms with E-state index < -0.39 is 11.9 Å². The average molecular weight is 1060 g/mol. The van der Waals surface area contributed by atoms with Crippen LogP contribution >= 0.6 is 0 Å². The molecule has 0 fully saturated rings. The number of carbonyl (C=O) groups is 4. The second-order valence-corrected chi connectivity index (χ2v) is 21.3. The van der Waals surface area contributed by atoms with E-state index in [4.69, 9.17) is 9.47 Å². The number of unbranched alkanes of at least 4 members (excludes halogenated alkanes) is 38. The third-order valence-electron chi connectivity index (χ3n) is 14.1. The van der Waals surface area contributed by atoms with Crippen LogP contribution < -0.4 is 10.2 Å². The van der Waals surface area contributed by atoms with Crippen molar-refractivity contribution in [3.8, 4) is 0 Å². The SMILES string of the molecule is CCCCCCCCCCCCC(=O)OC(CCCCCCCCCCCC)CCCCC(=O)[O-].CCCCCCCCCCCCC(=O)OC(CCCCCCCCCCCC)CCCCC(=O)[O-].[Zn+2]. The number of rotatable bonds is 56. The summed E-state index contributed by atoms with van der Waals surface area (Å²) in [5, 5.41) is 21.3. The van der Waals surface area contributed by atoms with E-state index in [1.807, 2.05) is 0 Å². The Morgan fingerprint density at radius 2 is 0.437 bits per heavy atom. The van der Waals surface area contributed by atoms with Crippen LogP contribution in [0.2, 0.25) is 0 Å². The molecule has 416 valence electrons. The minimum atomic E-state index is -0.991. The fourth-order valence-electron chi connectivity index (χ4n) is 9.53. The number of carboxylic acid groups (broad SMARTS) is 2. The number of carboxylic acids is 2. The van der Waals surface area contributed by atoms with Gasteiger partial charge in [-0.2, -0.15) is 0 Å². The number of ether oxygens (including phenoxy) is 2. The molecule has 0 rings (SSSR count). The van der Waals surface area contributed by atoms with Gasteiger partial charge in [0.05, 0.1) is 0 Å². The zero-order valence-corrected chi connectivity index (χ0v) is 50.9. The molecule has 9 heteroatoms. The fourth-order valence-corrected chi connectivity index (χ4v) is 9.53. The van der Waals surface area contributed by atoms with Gasteiger partial charge in [0, 0.05) is 24.8 Å². The standard InChI is InChI=1S/2C31H60O4.Zn/c2*1-3-5-7-9-11-13-15-17-19-21-25-29(26-23-24-27-30(32)33)35-31(34)28-22-20-18-16-14-12-10-8-6-4-2;/h2*29H,3-28H2,1-2H3,(H,32,33);/q;;+2/p-2. The molecule has 0 aromatic carbocycles. The molecule has 0 bridgehead atoms. The molecule has 8 nitrogen and oxygen atoms in total. The van der Waals surface area contributed by atoms with Gasteiger partial charge in [0.2, 0.25) is 0 Å². The maximum atomic E-state index is 12.4. The first-order valence-electron chi connectivity index (χ1n) is 31.0.